The topological polar surface area (TPSA) is 88.7 Å². The lowest BCUT2D eigenvalue weighted by Crippen LogP contribution is -2.70. The Morgan fingerprint density at radius 2 is 2.00 bits per heavy atom. The van der Waals surface area contributed by atoms with Gasteiger partial charge < -0.3 is 20.1 Å². The Bertz CT molecular complexity index is 918. The number of benzene rings is 2. The first-order chi connectivity index (χ1) is 12.9. The molecule has 2 aliphatic rings. The number of fused-ring (bicyclic) bond motifs is 4. The van der Waals surface area contributed by atoms with Crippen molar-refractivity contribution < 1.29 is 19.1 Å². The second-order valence-electron chi connectivity index (χ2n) is 6.66. The van der Waals surface area contributed by atoms with E-state index in [0.717, 1.165) is 0 Å². The standard InChI is InChI=1S/C19H18ClN3O4/c1-19-15(17(24)21-11-4-6-12(26-2)7-5-11)16(22-18(25)23-19)13-9-10(20)3-8-14(13)27-19/h3-9,15-16H,1-2H3,(H,21,24)(H2,22,23,25)/t15-,16-,19-/m1/s1. The van der Waals surface area contributed by atoms with Crippen LogP contribution in [0.3, 0.4) is 0 Å². The highest BCUT2D eigenvalue weighted by atomic mass is 35.5. The Balaban J connectivity index is 1.68. The Hall–Kier alpha value is -2.93. The van der Waals surface area contributed by atoms with Gasteiger partial charge in [0.1, 0.15) is 17.4 Å². The molecule has 0 saturated carbocycles. The van der Waals surface area contributed by atoms with E-state index in [9.17, 15) is 9.59 Å². The smallest absolute Gasteiger partial charge is 0.318 e. The predicted octanol–water partition coefficient (Wildman–Crippen LogP) is 3.07. The van der Waals surface area contributed by atoms with Crippen LogP contribution >= 0.6 is 11.6 Å². The van der Waals surface area contributed by atoms with Gasteiger partial charge in [0.2, 0.25) is 5.91 Å². The van der Waals surface area contributed by atoms with Gasteiger partial charge in [-0.05, 0) is 49.4 Å². The summed E-state index contributed by atoms with van der Waals surface area (Å²) in [6.45, 7) is 1.69. The van der Waals surface area contributed by atoms with Crippen LogP contribution in [0, 0.1) is 5.92 Å². The Morgan fingerprint density at radius 3 is 2.70 bits per heavy atom. The molecular weight excluding hydrogens is 370 g/mol. The summed E-state index contributed by atoms with van der Waals surface area (Å²) in [5.74, 6) is 0.275. The van der Waals surface area contributed by atoms with Gasteiger partial charge >= 0.3 is 6.03 Å². The van der Waals surface area contributed by atoms with Crippen LogP contribution in [0.5, 0.6) is 11.5 Å². The minimum absolute atomic E-state index is 0.286. The molecule has 2 aromatic carbocycles. The number of carbonyl (C=O) groups is 2. The van der Waals surface area contributed by atoms with Crippen LogP contribution in [0.15, 0.2) is 42.5 Å². The van der Waals surface area contributed by atoms with Crippen molar-refractivity contribution in [1.82, 2.24) is 10.6 Å². The summed E-state index contributed by atoms with van der Waals surface area (Å²) < 4.78 is 11.1. The van der Waals surface area contributed by atoms with Crippen molar-refractivity contribution in [3.8, 4) is 11.5 Å². The van der Waals surface area contributed by atoms with E-state index < -0.39 is 23.7 Å². The summed E-state index contributed by atoms with van der Waals surface area (Å²) in [5.41, 5.74) is 0.0973. The first kappa shape index (κ1) is 17.5. The van der Waals surface area contributed by atoms with Crippen LogP contribution in [-0.2, 0) is 4.79 Å². The van der Waals surface area contributed by atoms with Crippen molar-refractivity contribution in [2.45, 2.75) is 18.7 Å². The third kappa shape index (κ3) is 3.04. The van der Waals surface area contributed by atoms with Gasteiger partial charge in [-0.1, -0.05) is 11.6 Å². The number of carbonyl (C=O) groups excluding carboxylic acids is 2. The highest BCUT2D eigenvalue weighted by molar-refractivity contribution is 6.30. The van der Waals surface area contributed by atoms with Crippen LogP contribution in [0.25, 0.3) is 0 Å². The lowest BCUT2D eigenvalue weighted by molar-refractivity contribution is -0.133. The van der Waals surface area contributed by atoms with Crippen molar-refractivity contribution in [3.05, 3.63) is 53.1 Å². The molecule has 3 N–H and O–H groups in total. The molecule has 8 heteroatoms. The summed E-state index contributed by atoms with van der Waals surface area (Å²) in [6.07, 6.45) is 0. The summed E-state index contributed by atoms with van der Waals surface area (Å²) in [6, 6.07) is 11.2. The van der Waals surface area contributed by atoms with Crippen LogP contribution in [0.2, 0.25) is 5.02 Å². The Morgan fingerprint density at radius 1 is 1.26 bits per heavy atom. The summed E-state index contributed by atoms with van der Waals surface area (Å²) in [7, 11) is 1.58. The zero-order chi connectivity index (χ0) is 19.2. The fourth-order valence-electron chi connectivity index (χ4n) is 3.61. The summed E-state index contributed by atoms with van der Waals surface area (Å²) >= 11 is 6.11. The highest BCUT2D eigenvalue weighted by Gasteiger charge is 2.55. The van der Waals surface area contributed by atoms with Crippen molar-refractivity contribution in [2.24, 2.45) is 5.92 Å². The number of hydrogen-bond donors (Lipinski definition) is 3. The number of urea groups is 1. The molecule has 2 aliphatic heterocycles. The first-order valence-electron chi connectivity index (χ1n) is 8.42. The average molecular weight is 388 g/mol. The van der Waals surface area contributed by atoms with Gasteiger partial charge in [0.25, 0.3) is 0 Å². The van der Waals surface area contributed by atoms with E-state index in [1.165, 1.54) is 0 Å². The third-order valence-corrected chi connectivity index (χ3v) is 5.08. The molecule has 140 valence electrons. The average Bonchev–Trinajstić information content (AvgIpc) is 2.62. The monoisotopic (exact) mass is 387 g/mol. The molecule has 0 spiro atoms. The zero-order valence-electron chi connectivity index (χ0n) is 14.7. The van der Waals surface area contributed by atoms with E-state index in [4.69, 9.17) is 21.1 Å². The van der Waals surface area contributed by atoms with E-state index >= 15 is 0 Å². The minimum atomic E-state index is -1.19. The highest BCUT2D eigenvalue weighted by Crippen LogP contribution is 2.45. The predicted molar refractivity (Wildman–Crippen MR) is 100 cm³/mol. The SMILES string of the molecule is COc1ccc(NC(=O)[C@H]2[C@@H]3NC(=O)N[C@]2(C)Oc2ccc(Cl)cc23)cc1. The lowest BCUT2D eigenvalue weighted by Gasteiger charge is -2.49. The molecule has 2 heterocycles. The second-order valence-corrected chi connectivity index (χ2v) is 7.10. The van der Waals surface area contributed by atoms with Crippen LogP contribution in [0.1, 0.15) is 18.5 Å². The largest absolute Gasteiger partial charge is 0.497 e. The quantitative estimate of drug-likeness (QED) is 0.755. The molecule has 0 unspecified atom stereocenters. The van der Waals surface area contributed by atoms with Crippen LogP contribution in [-0.4, -0.2) is 24.8 Å². The van der Waals surface area contributed by atoms with Gasteiger partial charge in [0.05, 0.1) is 13.2 Å². The van der Waals surface area contributed by atoms with Gasteiger partial charge in [-0.15, -0.1) is 0 Å². The molecule has 7 nitrogen and oxygen atoms in total. The number of anilines is 1. The maximum absolute atomic E-state index is 13.1. The zero-order valence-corrected chi connectivity index (χ0v) is 15.5. The van der Waals surface area contributed by atoms with Gasteiger partial charge in [0.15, 0.2) is 5.72 Å². The van der Waals surface area contributed by atoms with E-state index in [1.807, 2.05) is 0 Å². The van der Waals surface area contributed by atoms with Crippen molar-refractivity contribution in [2.75, 3.05) is 12.4 Å². The van der Waals surface area contributed by atoms with Crippen molar-refractivity contribution in [3.63, 3.8) is 0 Å². The Kier molecular flexibility index (Phi) is 4.11. The summed E-state index contributed by atoms with van der Waals surface area (Å²) in [4.78, 5) is 25.2. The van der Waals surface area contributed by atoms with Gasteiger partial charge in [0, 0.05) is 16.3 Å². The molecule has 3 atom stereocenters. The van der Waals surface area contributed by atoms with E-state index in [0.29, 0.717) is 27.8 Å². The molecule has 3 amide bonds. The second kappa shape index (κ2) is 6.35. The molecule has 2 aromatic rings. The molecule has 1 fully saturated rings. The minimum Gasteiger partial charge on any atom is -0.497 e. The summed E-state index contributed by atoms with van der Waals surface area (Å²) in [5, 5.41) is 8.93. The molecule has 0 aromatic heterocycles. The van der Waals surface area contributed by atoms with E-state index in [2.05, 4.69) is 16.0 Å². The molecule has 4 rings (SSSR count). The number of halogens is 1. The number of ether oxygens (including phenoxy) is 2. The molecule has 2 bridgehead atoms. The van der Waals surface area contributed by atoms with Gasteiger partial charge in [-0.3, -0.25) is 10.1 Å². The number of hydrogen-bond acceptors (Lipinski definition) is 4. The van der Waals surface area contributed by atoms with Gasteiger partial charge in [-0.2, -0.15) is 0 Å². The number of methoxy groups -OCH3 is 1. The first-order valence-corrected chi connectivity index (χ1v) is 8.79. The number of amides is 3. The van der Waals surface area contributed by atoms with E-state index in [1.54, 1.807) is 56.5 Å². The maximum atomic E-state index is 13.1. The van der Waals surface area contributed by atoms with Crippen molar-refractivity contribution in [1.29, 1.82) is 0 Å². The van der Waals surface area contributed by atoms with E-state index in [-0.39, 0.29) is 5.91 Å². The van der Waals surface area contributed by atoms with Crippen LogP contribution < -0.4 is 25.4 Å². The molecule has 27 heavy (non-hydrogen) atoms. The number of nitrogens with one attached hydrogen (secondary N) is 3. The normalized spacial score (nSPS) is 25.4. The Labute approximate surface area is 161 Å². The fraction of sp³-hybridized carbons (Fsp3) is 0.263. The third-order valence-electron chi connectivity index (χ3n) is 4.84. The van der Waals surface area contributed by atoms with Crippen molar-refractivity contribution >= 4 is 29.2 Å². The number of rotatable bonds is 3. The maximum Gasteiger partial charge on any atom is 0.318 e. The van der Waals surface area contributed by atoms with Gasteiger partial charge in [-0.25, -0.2) is 4.79 Å². The molecule has 1 saturated heterocycles. The molecule has 0 aliphatic carbocycles. The fourth-order valence-corrected chi connectivity index (χ4v) is 3.79. The lowest BCUT2D eigenvalue weighted by atomic mass is 9.80. The van der Waals surface area contributed by atoms with Crippen LogP contribution in [0.4, 0.5) is 10.5 Å². The molecule has 0 radical (unpaired) electrons. The molecular formula is C19H18ClN3O4.